The summed E-state index contributed by atoms with van der Waals surface area (Å²) in [6.07, 6.45) is 2.81. The van der Waals surface area contributed by atoms with E-state index in [4.69, 9.17) is 27.9 Å². The highest BCUT2D eigenvalue weighted by atomic mass is 35.5. The Morgan fingerprint density at radius 3 is 2.84 bits per heavy atom. The monoisotopic (exact) mass is 298 g/mol. The van der Waals surface area contributed by atoms with E-state index in [2.05, 4.69) is 15.6 Å². The third-order valence-corrected chi connectivity index (χ3v) is 4.11. The first-order valence-corrected chi connectivity index (χ1v) is 7.51. The molecule has 19 heavy (non-hydrogen) atoms. The number of hydrogen-bond acceptors (Lipinski definition) is 2. The number of rotatable bonds is 3. The van der Waals surface area contributed by atoms with Crippen molar-refractivity contribution in [3.05, 3.63) is 29.0 Å². The van der Waals surface area contributed by atoms with E-state index in [9.17, 15) is 0 Å². The molecule has 0 saturated carbocycles. The summed E-state index contributed by atoms with van der Waals surface area (Å²) >= 11 is 12.2. The molecule has 3 rings (SSSR count). The van der Waals surface area contributed by atoms with Gasteiger partial charge in [-0.1, -0.05) is 17.7 Å². The van der Waals surface area contributed by atoms with E-state index in [0.29, 0.717) is 16.9 Å². The van der Waals surface area contributed by atoms with Gasteiger partial charge in [-0.3, -0.25) is 0 Å². The Balaban J connectivity index is 2.13. The van der Waals surface area contributed by atoms with Crippen molar-refractivity contribution >= 4 is 34.2 Å². The molecule has 3 nitrogen and oxygen atoms in total. The minimum absolute atomic E-state index is 0.440. The van der Waals surface area contributed by atoms with Crippen LogP contribution in [0.15, 0.2) is 18.2 Å². The molecule has 0 atom stereocenters. The van der Waals surface area contributed by atoms with E-state index in [1.807, 2.05) is 12.1 Å². The predicted octanol–water partition coefficient (Wildman–Crippen LogP) is 3.82. The molecule has 1 fully saturated rings. The summed E-state index contributed by atoms with van der Waals surface area (Å²) in [6, 6.07) is 6.39. The first-order valence-electron chi connectivity index (χ1n) is 6.60. The van der Waals surface area contributed by atoms with Crippen LogP contribution >= 0.6 is 23.2 Å². The zero-order chi connectivity index (χ0) is 13.2. The van der Waals surface area contributed by atoms with E-state index in [1.165, 1.54) is 0 Å². The van der Waals surface area contributed by atoms with Crippen LogP contribution in [0, 0.1) is 0 Å². The summed E-state index contributed by atoms with van der Waals surface area (Å²) in [5, 5.41) is 0.708. The third kappa shape index (κ3) is 2.47. The quantitative estimate of drug-likeness (QED) is 0.806. The highest BCUT2D eigenvalue weighted by molar-refractivity contribution is 6.34. The number of alkyl halides is 1. The molecule has 1 aromatic heterocycles. The number of fused-ring (bicyclic) bond motifs is 1. The molecule has 1 aliphatic rings. The van der Waals surface area contributed by atoms with Crippen molar-refractivity contribution in [2.45, 2.75) is 25.3 Å². The summed E-state index contributed by atoms with van der Waals surface area (Å²) < 4.78 is 7.76. The molecular weight excluding hydrogens is 283 g/mol. The number of para-hydroxylation sites is 1. The summed E-state index contributed by atoms with van der Waals surface area (Å²) in [7, 11) is 0. The minimum Gasteiger partial charge on any atom is -0.381 e. The standard InChI is InChI=1S/C14H16Cl2N2O/c15-7-4-13-17-14-11(16)2-1-3-12(14)18(13)10-5-8-19-9-6-10/h1-3,10H,4-9H2. The molecule has 0 spiro atoms. The van der Waals surface area contributed by atoms with E-state index in [1.54, 1.807) is 0 Å². The fourth-order valence-electron chi connectivity index (χ4n) is 2.74. The summed E-state index contributed by atoms with van der Waals surface area (Å²) in [4.78, 5) is 4.68. The minimum atomic E-state index is 0.440. The second-order valence-corrected chi connectivity index (χ2v) is 5.57. The fourth-order valence-corrected chi connectivity index (χ4v) is 3.12. The van der Waals surface area contributed by atoms with Crippen LogP contribution < -0.4 is 0 Å². The van der Waals surface area contributed by atoms with Gasteiger partial charge in [0.1, 0.15) is 11.3 Å². The van der Waals surface area contributed by atoms with Crippen LogP contribution in [0.5, 0.6) is 0 Å². The van der Waals surface area contributed by atoms with Gasteiger partial charge in [-0.15, -0.1) is 11.6 Å². The Morgan fingerprint density at radius 2 is 2.11 bits per heavy atom. The van der Waals surface area contributed by atoms with E-state index in [-0.39, 0.29) is 0 Å². The van der Waals surface area contributed by atoms with Crippen LogP contribution in [-0.2, 0) is 11.2 Å². The van der Waals surface area contributed by atoms with Crippen LogP contribution in [-0.4, -0.2) is 28.6 Å². The van der Waals surface area contributed by atoms with Gasteiger partial charge in [0.05, 0.1) is 10.5 Å². The Hall–Kier alpha value is -0.770. The smallest absolute Gasteiger partial charge is 0.111 e. The van der Waals surface area contributed by atoms with Crippen molar-refractivity contribution < 1.29 is 4.74 Å². The first-order chi connectivity index (χ1) is 9.31. The number of ether oxygens (including phenoxy) is 1. The lowest BCUT2D eigenvalue weighted by molar-refractivity contribution is 0.0699. The number of nitrogens with zero attached hydrogens (tertiary/aromatic N) is 2. The molecule has 0 N–H and O–H groups in total. The molecule has 0 bridgehead atoms. The van der Waals surface area contributed by atoms with Gasteiger partial charge in [-0.25, -0.2) is 4.98 Å². The molecule has 0 aliphatic carbocycles. The van der Waals surface area contributed by atoms with Gasteiger partial charge < -0.3 is 9.30 Å². The maximum atomic E-state index is 6.25. The summed E-state index contributed by atoms with van der Waals surface area (Å²) in [6.45, 7) is 1.62. The van der Waals surface area contributed by atoms with Crippen molar-refractivity contribution in [3.8, 4) is 0 Å². The molecular formula is C14H16Cl2N2O. The maximum absolute atomic E-state index is 6.25. The van der Waals surface area contributed by atoms with Crippen molar-refractivity contribution in [1.82, 2.24) is 9.55 Å². The van der Waals surface area contributed by atoms with E-state index >= 15 is 0 Å². The van der Waals surface area contributed by atoms with Gasteiger partial charge in [-0.2, -0.15) is 0 Å². The molecule has 1 aromatic carbocycles. The van der Waals surface area contributed by atoms with Gasteiger partial charge in [0, 0.05) is 31.6 Å². The molecule has 1 aliphatic heterocycles. The lowest BCUT2D eigenvalue weighted by atomic mass is 10.1. The zero-order valence-electron chi connectivity index (χ0n) is 10.6. The van der Waals surface area contributed by atoms with Gasteiger partial charge in [0.25, 0.3) is 0 Å². The number of imidazole rings is 1. The lowest BCUT2D eigenvalue weighted by Crippen LogP contribution is -2.21. The van der Waals surface area contributed by atoms with Gasteiger partial charge in [0.2, 0.25) is 0 Å². The van der Waals surface area contributed by atoms with Crippen molar-refractivity contribution in [2.24, 2.45) is 0 Å². The van der Waals surface area contributed by atoms with Crippen LogP contribution in [0.4, 0.5) is 0 Å². The number of aromatic nitrogens is 2. The number of halogens is 2. The number of aryl methyl sites for hydroxylation is 1. The first kappa shape index (κ1) is 13.2. The Bertz CT molecular complexity index is 576. The Morgan fingerprint density at radius 1 is 1.32 bits per heavy atom. The van der Waals surface area contributed by atoms with Crippen LogP contribution in [0.1, 0.15) is 24.7 Å². The predicted molar refractivity (Wildman–Crippen MR) is 78.3 cm³/mol. The van der Waals surface area contributed by atoms with Gasteiger partial charge >= 0.3 is 0 Å². The SMILES string of the molecule is ClCCc1nc2c(Cl)cccc2n1C1CCOCC1. The van der Waals surface area contributed by atoms with Gasteiger partial charge in [0.15, 0.2) is 0 Å². The fraction of sp³-hybridized carbons (Fsp3) is 0.500. The third-order valence-electron chi connectivity index (χ3n) is 3.62. The average molecular weight is 299 g/mol. The zero-order valence-corrected chi connectivity index (χ0v) is 12.1. The van der Waals surface area contributed by atoms with E-state index in [0.717, 1.165) is 49.3 Å². The second kappa shape index (κ2) is 5.70. The van der Waals surface area contributed by atoms with Crippen molar-refractivity contribution in [3.63, 3.8) is 0 Å². The van der Waals surface area contributed by atoms with Gasteiger partial charge in [-0.05, 0) is 25.0 Å². The molecule has 1 saturated heterocycles. The second-order valence-electron chi connectivity index (χ2n) is 4.79. The van der Waals surface area contributed by atoms with Crippen LogP contribution in [0.2, 0.25) is 5.02 Å². The molecule has 2 heterocycles. The van der Waals surface area contributed by atoms with Crippen molar-refractivity contribution in [2.75, 3.05) is 19.1 Å². The largest absolute Gasteiger partial charge is 0.381 e. The molecule has 0 radical (unpaired) electrons. The molecule has 0 amide bonds. The number of hydrogen-bond donors (Lipinski definition) is 0. The Labute approximate surface area is 122 Å². The molecule has 2 aromatic rings. The maximum Gasteiger partial charge on any atom is 0.111 e. The summed E-state index contributed by atoms with van der Waals surface area (Å²) in [5.41, 5.74) is 2.00. The number of benzene rings is 1. The Kier molecular flexibility index (Phi) is 3.96. The average Bonchev–Trinajstić information content (AvgIpc) is 2.80. The van der Waals surface area contributed by atoms with Crippen LogP contribution in [0.25, 0.3) is 11.0 Å². The van der Waals surface area contributed by atoms with Crippen molar-refractivity contribution in [1.29, 1.82) is 0 Å². The molecule has 102 valence electrons. The van der Waals surface area contributed by atoms with Crippen LogP contribution in [0.3, 0.4) is 0 Å². The highest BCUT2D eigenvalue weighted by Gasteiger charge is 2.22. The summed E-state index contributed by atoms with van der Waals surface area (Å²) in [5.74, 6) is 1.61. The molecule has 5 heteroatoms. The lowest BCUT2D eigenvalue weighted by Gasteiger charge is -2.25. The highest BCUT2D eigenvalue weighted by Crippen LogP contribution is 2.31. The normalized spacial score (nSPS) is 17.2. The van der Waals surface area contributed by atoms with E-state index < -0.39 is 0 Å². The topological polar surface area (TPSA) is 27.1 Å². The molecule has 0 unspecified atom stereocenters.